The Labute approximate surface area is 159 Å². The molecule has 0 radical (unpaired) electrons. The maximum Gasteiger partial charge on any atom is 0.323 e. The number of para-hydroxylation sites is 1. The zero-order valence-corrected chi connectivity index (χ0v) is 15.4. The van der Waals surface area contributed by atoms with E-state index in [1.165, 1.54) is 0 Å². The number of rotatable bonds is 5. The van der Waals surface area contributed by atoms with Gasteiger partial charge in [-0.05, 0) is 56.0 Å². The van der Waals surface area contributed by atoms with E-state index in [4.69, 9.17) is 5.73 Å². The lowest BCUT2D eigenvalue weighted by Gasteiger charge is -2.18. The van der Waals surface area contributed by atoms with Crippen molar-refractivity contribution in [3.63, 3.8) is 0 Å². The lowest BCUT2D eigenvalue weighted by Crippen LogP contribution is -2.32. The van der Waals surface area contributed by atoms with Gasteiger partial charge in [-0.1, -0.05) is 30.3 Å². The molecular weight excluding hydrogens is 340 g/mol. The minimum Gasteiger partial charge on any atom is -0.349 e. The van der Waals surface area contributed by atoms with Crippen LogP contribution >= 0.6 is 0 Å². The summed E-state index contributed by atoms with van der Waals surface area (Å²) >= 11 is 0. The van der Waals surface area contributed by atoms with E-state index in [0.717, 1.165) is 30.5 Å². The summed E-state index contributed by atoms with van der Waals surface area (Å²) in [6, 6.07) is 16.5. The van der Waals surface area contributed by atoms with E-state index in [0.29, 0.717) is 5.69 Å². The lowest BCUT2D eigenvalue weighted by atomic mass is 10.0. The predicted octanol–water partition coefficient (Wildman–Crippen LogP) is 3.64. The van der Waals surface area contributed by atoms with Gasteiger partial charge in [0.05, 0.1) is 6.04 Å². The van der Waals surface area contributed by atoms with E-state index < -0.39 is 0 Å². The van der Waals surface area contributed by atoms with Crippen molar-refractivity contribution in [3.05, 3.63) is 60.2 Å². The van der Waals surface area contributed by atoms with Crippen molar-refractivity contribution in [1.29, 1.82) is 0 Å². The van der Waals surface area contributed by atoms with E-state index in [9.17, 15) is 9.59 Å². The molecule has 0 aromatic heterocycles. The Morgan fingerprint density at radius 1 is 0.963 bits per heavy atom. The summed E-state index contributed by atoms with van der Waals surface area (Å²) in [6.45, 7) is 1.96. The van der Waals surface area contributed by atoms with Crippen LogP contribution in [0.5, 0.6) is 0 Å². The summed E-state index contributed by atoms with van der Waals surface area (Å²) in [6.07, 6.45) is 2.54. The molecule has 0 saturated heterocycles. The fourth-order valence-electron chi connectivity index (χ4n) is 3.34. The first kappa shape index (κ1) is 18.9. The van der Waals surface area contributed by atoms with Gasteiger partial charge >= 0.3 is 6.03 Å². The summed E-state index contributed by atoms with van der Waals surface area (Å²) in [5.41, 5.74) is 8.29. The average molecular weight is 366 g/mol. The van der Waals surface area contributed by atoms with Gasteiger partial charge in [-0.2, -0.15) is 0 Å². The van der Waals surface area contributed by atoms with E-state index in [-0.39, 0.29) is 29.9 Å². The molecule has 1 saturated carbocycles. The van der Waals surface area contributed by atoms with Crippen molar-refractivity contribution in [2.24, 2.45) is 11.7 Å². The van der Waals surface area contributed by atoms with Crippen LogP contribution in [-0.2, 0) is 4.79 Å². The predicted molar refractivity (Wildman–Crippen MR) is 107 cm³/mol. The zero-order valence-electron chi connectivity index (χ0n) is 15.4. The number of hydrogen-bond donors (Lipinski definition) is 4. The van der Waals surface area contributed by atoms with Gasteiger partial charge in [0.25, 0.3) is 0 Å². The first-order chi connectivity index (χ1) is 13.0. The summed E-state index contributed by atoms with van der Waals surface area (Å²) in [5, 5.41) is 8.62. The van der Waals surface area contributed by atoms with Crippen LogP contribution in [0.25, 0.3) is 0 Å². The van der Waals surface area contributed by atoms with Gasteiger partial charge in [0.15, 0.2) is 0 Å². The highest BCUT2D eigenvalue weighted by Gasteiger charge is 2.28. The van der Waals surface area contributed by atoms with Crippen molar-refractivity contribution in [2.75, 3.05) is 10.6 Å². The van der Waals surface area contributed by atoms with Crippen LogP contribution in [0.15, 0.2) is 54.6 Å². The molecule has 0 bridgehead atoms. The first-order valence-corrected chi connectivity index (χ1v) is 9.30. The van der Waals surface area contributed by atoms with Crippen LogP contribution < -0.4 is 21.7 Å². The Balaban J connectivity index is 1.51. The Kier molecular flexibility index (Phi) is 6.08. The smallest absolute Gasteiger partial charge is 0.323 e. The number of carbonyl (C=O) groups excluding carboxylic acids is 2. The second-order valence-electron chi connectivity index (χ2n) is 7.07. The molecule has 1 fully saturated rings. The van der Waals surface area contributed by atoms with Crippen LogP contribution in [0.4, 0.5) is 16.2 Å². The summed E-state index contributed by atoms with van der Waals surface area (Å²) in [5.74, 6) is 0.0879. The van der Waals surface area contributed by atoms with E-state index in [1.54, 1.807) is 0 Å². The molecule has 6 heteroatoms. The molecule has 3 atom stereocenters. The highest BCUT2D eigenvalue weighted by molar-refractivity contribution is 5.99. The van der Waals surface area contributed by atoms with Crippen molar-refractivity contribution in [2.45, 2.75) is 38.3 Å². The molecule has 5 N–H and O–H groups in total. The average Bonchev–Trinajstić information content (AvgIpc) is 3.09. The van der Waals surface area contributed by atoms with Crippen LogP contribution in [0.3, 0.4) is 0 Å². The second-order valence-corrected chi connectivity index (χ2v) is 7.07. The molecule has 0 heterocycles. The Hall–Kier alpha value is -2.86. The van der Waals surface area contributed by atoms with Crippen LogP contribution in [0.1, 0.15) is 37.8 Å². The quantitative estimate of drug-likeness (QED) is 0.650. The largest absolute Gasteiger partial charge is 0.349 e. The van der Waals surface area contributed by atoms with Gasteiger partial charge < -0.3 is 21.7 Å². The first-order valence-electron chi connectivity index (χ1n) is 9.30. The van der Waals surface area contributed by atoms with Crippen LogP contribution in [0, 0.1) is 5.92 Å². The third-order valence-corrected chi connectivity index (χ3v) is 4.90. The number of anilines is 2. The molecule has 3 amide bonds. The van der Waals surface area contributed by atoms with E-state index in [1.807, 2.05) is 61.5 Å². The summed E-state index contributed by atoms with van der Waals surface area (Å²) < 4.78 is 0. The third kappa shape index (κ3) is 5.31. The lowest BCUT2D eigenvalue weighted by molar-refractivity contribution is -0.125. The molecule has 1 aliphatic carbocycles. The number of nitrogens with one attached hydrogen (secondary N) is 3. The maximum absolute atomic E-state index is 12.3. The monoisotopic (exact) mass is 366 g/mol. The van der Waals surface area contributed by atoms with Crippen LogP contribution in [0.2, 0.25) is 0 Å². The molecule has 27 heavy (non-hydrogen) atoms. The second kappa shape index (κ2) is 8.68. The standard InChI is InChI=1S/C21H26N4O2/c1-14(23-20(26)16-7-10-17(22)13-16)15-8-11-19(12-9-15)25-21(27)24-18-5-3-2-4-6-18/h2-6,8-9,11-12,14,16-17H,7,10,13,22H2,1H3,(H,23,26)(H2,24,25,27). The van der Waals surface area contributed by atoms with Gasteiger partial charge in [-0.3, -0.25) is 4.79 Å². The number of hydrogen-bond acceptors (Lipinski definition) is 3. The molecule has 0 spiro atoms. The number of benzene rings is 2. The SMILES string of the molecule is CC(NC(=O)C1CCC(N)C1)c1ccc(NC(=O)Nc2ccccc2)cc1. The molecular formula is C21H26N4O2. The van der Waals surface area contributed by atoms with E-state index >= 15 is 0 Å². The highest BCUT2D eigenvalue weighted by atomic mass is 16.2. The van der Waals surface area contributed by atoms with Gasteiger partial charge in [-0.25, -0.2) is 4.79 Å². The minimum atomic E-state index is -0.298. The summed E-state index contributed by atoms with van der Waals surface area (Å²) in [7, 11) is 0. The van der Waals surface area contributed by atoms with Crippen molar-refractivity contribution < 1.29 is 9.59 Å². The van der Waals surface area contributed by atoms with E-state index in [2.05, 4.69) is 16.0 Å². The molecule has 2 aromatic carbocycles. The van der Waals surface area contributed by atoms with Gasteiger partial charge in [0, 0.05) is 23.3 Å². The van der Waals surface area contributed by atoms with Crippen molar-refractivity contribution in [1.82, 2.24) is 5.32 Å². The Bertz CT molecular complexity index is 777. The van der Waals surface area contributed by atoms with Crippen molar-refractivity contribution in [3.8, 4) is 0 Å². The molecule has 1 aliphatic rings. The normalized spacial score (nSPS) is 19.9. The Morgan fingerprint density at radius 3 is 2.19 bits per heavy atom. The highest BCUT2D eigenvalue weighted by Crippen LogP contribution is 2.25. The maximum atomic E-state index is 12.3. The van der Waals surface area contributed by atoms with Gasteiger partial charge in [-0.15, -0.1) is 0 Å². The molecule has 3 unspecified atom stereocenters. The topological polar surface area (TPSA) is 96.2 Å². The van der Waals surface area contributed by atoms with Crippen LogP contribution in [-0.4, -0.2) is 18.0 Å². The molecule has 142 valence electrons. The zero-order chi connectivity index (χ0) is 19.2. The minimum absolute atomic E-state index is 0.0186. The fraction of sp³-hybridized carbons (Fsp3) is 0.333. The fourth-order valence-corrected chi connectivity index (χ4v) is 3.34. The van der Waals surface area contributed by atoms with Gasteiger partial charge in [0.1, 0.15) is 0 Å². The molecule has 6 nitrogen and oxygen atoms in total. The number of amides is 3. The molecule has 0 aliphatic heterocycles. The van der Waals surface area contributed by atoms with Gasteiger partial charge in [0.2, 0.25) is 5.91 Å². The number of urea groups is 1. The molecule has 2 aromatic rings. The third-order valence-electron chi connectivity index (χ3n) is 4.90. The summed E-state index contributed by atoms with van der Waals surface area (Å²) in [4.78, 5) is 24.4. The molecule has 3 rings (SSSR count). The Morgan fingerprint density at radius 2 is 1.59 bits per heavy atom. The number of nitrogens with two attached hydrogens (primary N) is 1. The van der Waals surface area contributed by atoms with Crippen molar-refractivity contribution >= 4 is 23.3 Å². The number of carbonyl (C=O) groups is 2.